The first-order valence-corrected chi connectivity index (χ1v) is 10.7. The molecule has 29 heavy (non-hydrogen) atoms. The first-order chi connectivity index (χ1) is 14.0. The minimum Gasteiger partial charge on any atom is -0.465 e. The van der Waals surface area contributed by atoms with E-state index in [1.807, 2.05) is 42.5 Å². The van der Waals surface area contributed by atoms with Crippen LogP contribution in [0.25, 0.3) is 10.8 Å². The summed E-state index contributed by atoms with van der Waals surface area (Å²) in [5.74, 6) is -0.600. The Morgan fingerprint density at radius 3 is 2.62 bits per heavy atom. The number of quaternary nitrogens is 1. The second-order valence-electron chi connectivity index (χ2n) is 7.71. The molecular weight excluding hydrogens is 384 g/mol. The van der Waals surface area contributed by atoms with Gasteiger partial charge in [-0.15, -0.1) is 11.3 Å². The maximum Gasteiger partial charge on any atom is 0.341 e. The number of carbonyl (C=O) groups is 2. The molecule has 0 spiro atoms. The predicted octanol–water partition coefficient (Wildman–Crippen LogP) is 3.29. The van der Waals surface area contributed by atoms with E-state index in [4.69, 9.17) is 4.74 Å². The molecule has 1 aromatic heterocycles. The van der Waals surface area contributed by atoms with Crippen molar-refractivity contribution < 1.29 is 19.2 Å². The molecule has 0 radical (unpaired) electrons. The first-order valence-electron chi connectivity index (χ1n) is 9.85. The summed E-state index contributed by atoms with van der Waals surface area (Å²) in [6.45, 7) is 6.26. The number of anilines is 1. The first kappa shape index (κ1) is 19.6. The average Bonchev–Trinajstić information content (AvgIpc) is 3.09. The van der Waals surface area contributed by atoms with E-state index < -0.39 is 0 Å². The topological polar surface area (TPSA) is 59.8 Å². The molecule has 6 heteroatoms. The molecule has 0 fully saturated rings. The fourth-order valence-electron chi connectivity index (χ4n) is 3.90. The quantitative estimate of drug-likeness (QED) is 0.650. The molecule has 1 aliphatic rings. The maximum atomic E-state index is 12.9. The maximum absolute atomic E-state index is 12.9. The lowest BCUT2D eigenvalue weighted by Crippen LogP contribution is -3.14. The molecule has 2 aromatic carbocycles. The van der Waals surface area contributed by atoms with Crippen molar-refractivity contribution in [1.82, 2.24) is 0 Å². The van der Waals surface area contributed by atoms with Gasteiger partial charge in [-0.3, -0.25) is 4.79 Å². The highest BCUT2D eigenvalue weighted by Crippen LogP contribution is 2.35. The second-order valence-corrected chi connectivity index (χ2v) is 8.81. The molecule has 0 saturated carbocycles. The zero-order chi connectivity index (χ0) is 20.5. The van der Waals surface area contributed by atoms with Crippen LogP contribution in [-0.4, -0.2) is 31.6 Å². The van der Waals surface area contributed by atoms with Crippen LogP contribution in [0.15, 0.2) is 42.5 Å². The highest BCUT2D eigenvalue weighted by molar-refractivity contribution is 7.17. The fraction of sp³-hybridized carbons (Fsp3) is 0.304. The van der Waals surface area contributed by atoms with Crippen molar-refractivity contribution in [2.75, 3.05) is 19.0 Å². The van der Waals surface area contributed by atoms with Crippen molar-refractivity contribution in [3.63, 3.8) is 0 Å². The van der Waals surface area contributed by atoms with E-state index in [0.29, 0.717) is 22.2 Å². The third-order valence-electron chi connectivity index (χ3n) is 5.62. The lowest BCUT2D eigenvalue weighted by molar-refractivity contribution is -0.936. The molecule has 150 valence electrons. The van der Waals surface area contributed by atoms with Crippen molar-refractivity contribution in [3.8, 4) is 0 Å². The number of esters is 1. The van der Waals surface area contributed by atoms with Gasteiger partial charge in [0.15, 0.2) is 0 Å². The van der Waals surface area contributed by atoms with E-state index in [1.165, 1.54) is 23.3 Å². The molecule has 1 unspecified atom stereocenters. The molecule has 5 nitrogen and oxygen atoms in total. The molecule has 4 rings (SSSR count). The van der Waals surface area contributed by atoms with Crippen LogP contribution in [0, 0.1) is 0 Å². The van der Waals surface area contributed by atoms with E-state index >= 15 is 0 Å². The summed E-state index contributed by atoms with van der Waals surface area (Å²) in [6.07, 6.45) is 0.815. The van der Waals surface area contributed by atoms with Gasteiger partial charge in [-0.05, 0) is 42.3 Å². The van der Waals surface area contributed by atoms with Crippen LogP contribution in [-0.2, 0) is 17.7 Å². The van der Waals surface area contributed by atoms with E-state index in [0.717, 1.165) is 40.7 Å². The summed E-state index contributed by atoms with van der Waals surface area (Å²) in [5, 5.41) is 5.66. The molecule has 1 atom stereocenters. The molecule has 1 aliphatic heterocycles. The van der Waals surface area contributed by atoms with Crippen LogP contribution in [0.5, 0.6) is 0 Å². The standard InChI is InChI=1S/C23H24N2O3S/c1-14(2)25-11-10-18-19(13-25)29-22(20(18)23(27)28-3)24-21(26)17-9-8-15-6-4-5-7-16(15)12-17/h4-9,12,14H,10-11,13H2,1-3H3,(H,24,26)/p+1. The van der Waals surface area contributed by atoms with Crippen molar-refractivity contribution in [2.24, 2.45) is 0 Å². The van der Waals surface area contributed by atoms with Gasteiger partial charge in [-0.1, -0.05) is 30.3 Å². The Kier molecular flexibility index (Phi) is 5.39. The van der Waals surface area contributed by atoms with Crippen molar-refractivity contribution in [3.05, 3.63) is 64.0 Å². The van der Waals surface area contributed by atoms with Gasteiger partial charge >= 0.3 is 5.97 Å². The molecule has 0 bridgehead atoms. The predicted molar refractivity (Wildman–Crippen MR) is 116 cm³/mol. The summed E-state index contributed by atoms with van der Waals surface area (Å²) in [5.41, 5.74) is 2.12. The zero-order valence-corrected chi connectivity index (χ0v) is 17.7. The van der Waals surface area contributed by atoms with Gasteiger partial charge < -0.3 is 15.0 Å². The lowest BCUT2D eigenvalue weighted by Gasteiger charge is -2.27. The number of amides is 1. The van der Waals surface area contributed by atoms with Crippen LogP contribution in [0.3, 0.4) is 0 Å². The molecular formula is C23H25N2O3S+. The van der Waals surface area contributed by atoms with Gasteiger partial charge in [0.25, 0.3) is 5.91 Å². The number of thiophene rings is 1. The minimum atomic E-state index is -0.385. The second kappa shape index (κ2) is 7.97. The van der Waals surface area contributed by atoms with Gasteiger partial charge in [-0.25, -0.2) is 4.79 Å². The average molecular weight is 410 g/mol. The summed E-state index contributed by atoms with van der Waals surface area (Å²) in [6, 6.07) is 14.1. The van der Waals surface area contributed by atoms with E-state index in [9.17, 15) is 9.59 Å². The Morgan fingerprint density at radius 2 is 1.90 bits per heavy atom. The Labute approximate surface area is 174 Å². The van der Waals surface area contributed by atoms with Gasteiger partial charge in [0.1, 0.15) is 11.5 Å². The molecule has 2 N–H and O–H groups in total. The normalized spacial score (nSPS) is 15.9. The molecule has 1 amide bonds. The lowest BCUT2D eigenvalue weighted by atomic mass is 10.0. The number of nitrogens with one attached hydrogen (secondary N) is 2. The summed E-state index contributed by atoms with van der Waals surface area (Å²) in [7, 11) is 1.38. The van der Waals surface area contributed by atoms with Gasteiger partial charge in [0.2, 0.25) is 0 Å². The van der Waals surface area contributed by atoms with Gasteiger partial charge in [-0.2, -0.15) is 0 Å². The van der Waals surface area contributed by atoms with Crippen LogP contribution in [0.1, 0.15) is 45.0 Å². The SMILES string of the molecule is COC(=O)c1c(NC(=O)c2ccc3ccccc3c2)sc2c1CC[NH+](C(C)C)C2. The number of hydrogen-bond acceptors (Lipinski definition) is 4. The Bertz CT molecular complexity index is 1090. The monoisotopic (exact) mass is 409 g/mol. The Morgan fingerprint density at radius 1 is 1.14 bits per heavy atom. The van der Waals surface area contributed by atoms with Gasteiger partial charge in [0.05, 0.1) is 30.1 Å². The number of carbonyl (C=O) groups excluding carboxylic acids is 2. The van der Waals surface area contributed by atoms with Crippen LogP contribution < -0.4 is 10.2 Å². The number of methoxy groups -OCH3 is 1. The zero-order valence-electron chi connectivity index (χ0n) is 16.9. The highest BCUT2D eigenvalue weighted by atomic mass is 32.1. The largest absolute Gasteiger partial charge is 0.465 e. The Balaban J connectivity index is 1.66. The van der Waals surface area contributed by atoms with Crippen molar-refractivity contribution in [2.45, 2.75) is 32.9 Å². The number of benzene rings is 2. The summed E-state index contributed by atoms with van der Waals surface area (Å²) < 4.78 is 5.03. The van der Waals surface area contributed by atoms with Crippen molar-refractivity contribution in [1.29, 1.82) is 0 Å². The number of ether oxygens (including phenoxy) is 1. The number of hydrogen-bond donors (Lipinski definition) is 2. The fourth-order valence-corrected chi connectivity index (χ4v) is 5.19. The van der Waals surface area contributed by atoms with Crippen LogP contribution in [0.4, 0.5) is 5.00 Å². The summed E-state index contributed by atoms with van der Waals surface area (Å²) in [4.78, 5) is 28.1. The third kappa shape index (κ3) is 3.78. The van der Waals surface area contributed by atoms with Crippen molar-refractivity contribution >= 4 is 39.0 Å². The molecule has 2 heterocycles. The van der Waals surface area contributed by atoms with Crippen LogP contribution >= 0.6 is 11.3 Å². The van der Waals surface area contributed by atoms with E-state index in [-0.39, 0.29) is 11.9 Å². The summed E-state index contributed by atoms with van der Waals surface area (Å²) >= 11 is 1.50. The molecule has 0 aliphatic carbocycles. The number of fused-ring (bicyclic) bond motifs is 2. The molecule has 0 saturated heterocycles. The van der Waals surface area contributed by atoms with Crippen LogP contribution in [0.2, 0.25) is 0 Å². The van der Waals surface area contributed by atoms with E-state index in [2.05, 4.69) is 19.2 Å². The highest BCUT2D eigenvalue weighted by Gasteiger charge is 2.32. The minimum absolute atomic E-state index is 0.215. The Hall–Kier alpha value is -2.70. The van der Waals surface area contributed by atoms with Gasteiger partial charge in [0, 0.05) is 12.0 Å². The number of rotatable bonds is 4. The van der Waals surface area contributed by atoms with E-state index in [1.54, 1.807) is 0 Å². The molecule has 3 aromatic rings. The third-order valence-corrected chi connectivity index (χ3v) is 6.77. The smallest absolute Gasteiger partial charge is 0.341 e.